The number of para-hydroxylation sites is 1. The van der Waals surface area contributed by atoms with Crippen molar-refractivity contribution in [1.29, 1.82) is 0 Å². The number of amides is 1. The molecule has 9 nitrogen and oxygen atoms in total. The zero-order chi connectivity index (χ0) is 19.8. The number of aromatic carboxylic acids is 1. The molecule has 4 N–H and O–H groups in total. The SMILES string of the molecule is CNc1cc(Nc2ccccc2C(=O)O)nn2c(C(=O)N[C@@H]3C[C@@H]3F)cnc12. The maximum Gasteiger partial charge on any atom is 0.337 e. The number of alkyl halides is 1. The third-order valence-corrected chi connectivity index (χ3v) is 4.42. The molecule has 4 rings (SSSR count). The number of benzene rings is 1. The number of nitrogens with zero attached hydrogens (tertiary/aromatic N) is 3. The minimum atomic E-state index is -1.08. The largest absolute Gasteiger partial charge is 0.478 e. The molecular formula is C18H17FN6O3. The minimum Gasteiger partial charge on any atom is -0.478 e. The maximum atomic E-state index is 13.1. The molecule has 1 fully saturated rings. The number of halogens is 1. The molecule has 2 heterocycles. The Bertz CT molecular complexity index is 1080. The van der Waals surface area contributed by atoms with Crippen molar-refractivity contribution in [3.8, 4) is 0 Å². The second kappa shape index (κ2) is 6.80. The van der Waals surface area contributed by atoms with Gasteiger partial charge in [-0.15, -0.1) is 5.10 Å². The van der Waals surface area contributed by atoms with Gasteiger partial charge in [-0.3, -0.25) is 4.79 Å². The van der Waals surface area contributed by atoms with Gasteiger partial charge in [0.1, 0.15) is 6.17 Å². The third kappa shape index (κ3) is 3.20. The van der Waals surface area contributed by atoms with Crippen molar-refractivity contribution in [3.63, 3.8) is 0 Å². The van der Waals surface area contributed by atoms with Crippen LogP contribution in [0, 0.1) is 0 Å². The summed E-state index contributed by atoms with van der Waals surface area (Å²) in [6.07, 6.45) is 0.647. The van der Waals surface area contributed by atoms with E-state index in [1.165, 1.54) is 16.8 Å². The van der Waals surface area contributed by atoms with E-state index in [2.05, 4.69) is 26.0 Å². The quantitative estimate of drug-likeness (QED) is 0.513. The predicted molar refractivity (Wildman–Crippen MR) is 100.0 cm³/mol. The smallest absolute Gasteiger partial charge is 0.337 e. The molecule has 1 aromatic carbocycles. The zero-order valence-corrected chi connectivity index (χ0v) is 14.8. The molecule has 1 saturated carbocycles. The molecule has 144 valence electrons. The number of aromatic nitrogens is 3. The highest BCUT2D eigenvalue weighted by Crippen LogP contribution is 2.27. The molecule has 2 atom stereocenters. The Balaban J connectivity index is 1.72. The van der Waals surface area contributed by atoms with Crippen molar-refractivity contribution in [1.82, 2.24) is 19.9 Å². The first-order chi connectivity index (χ1) is 13.5. The van der Waals surface area contributed by atoms with Crippen LogP contribution in [0.2, 0.25) is 0 Å². The first-order valence-electron chi connectivity index (χ1n) is 8.58. The van der Waals surface area contributed by atoms with E-state index in [0.29, 0.717) is 29.3 Å². The molecule has 10 heteroatoms. The number of nitrogens with one attached hydrogen (secondary N) is 3. The zero-order valence-electron chi connectivity index (χ0n) is 14.8. The Hall–Kier alpha value is -3.69. The third-order valence-electron chi connectivity index (χ3n) is 4.42. The van der Waals surface area contributed by atoms with Crippen molar-refractivity contribution in [2.45, 2.75) is 18.6 Å². The first kappa shape index (κ1) is 17.7. The monoisotopic (exact) mass is 384 g/mol. The predicted octanol–water partition coefficient (Wildman–Crippen LogP) is 2.05. The van der Waals surface area contributed by atoms with Gasteiger partial charge >= 0.3 is 5.97 Å². The normalized spacial score (nSPS) is 17.9. The van der Waals surface area contributed by atoms with E-state index in [4.69, 9.17) is 0 Å². The van der Waals surface area contributed by atoms with Crippen LogP contribution in [0.15, 0.2) is 36.5 Å². The summed E-state index contributed by atoms with van der Waals surface area (Å²) in [7, 11) is 1.69. The molecular weight excluding hydrogens is 367 g/mol. The van der Waals surface area contributed by atoms with Crippen molar-refractivity contribution in [3.05, 3.63) is 47.8 Å². The van der Waals surface area contributed by atoms with Crippen LogP contribution < -0.4 is 16.0 Å². The van der Waals surface area contributed by atoms with Gasteiger partial charge < -0.3 is 21.1 Å². The fourth-order valence-corrected chi connectivity index (χ4v) is 2.84. The summed E-state index contributed by atoms with van der Waals surface area (Å²) in [6.45, 7) is 0. The second-order valence-corrected chi connectivity index (χ2v) is 6.38. The molecule has 0 saturated heterocycles. The van der Waals surface area contributed by atoms with Crippen molar-refractivity contribution >= 4 is 34.7 Å². The first-order valence-corrected chi connectivity index (χ1v) is 8.58. The number of fused-ring (bicyclic) bond motifs is 1. The topological polar surface area (TPSA) is 121 Å². The van der Waals surface area contributed by atoms with E-state index in [1.54, 1.807) is 31.3 Å². The number of carbonyl (C=O) groups is 2. The molecule has 28 heavy (non-hydrogen) atoms. The Morgan fingerprint density at radius 2 is 2.04 bits per heavy atom. The number of hydrogen-bond donors (Lipinski definition) is 4. The highest BCUT2D eigenvalue weighted by Gasteiger charge is 2.39. The number of carboxylic acid groups (broad SMARTS) is 1. The van der Waals surface area contributed by atoms with Crippen LogP contribution in [0.3, 0.4) is 0 Å². The minimum absolute atomic E-state index is 0.0849. The van der Waals surface area contributed by atoms with E-state index in [-0.39, 0.29) is 11.3 Å². The van der Waals surface area contributed by atoms with Gasteiger partial charge in [-0.25, -0.2) is 18.7 Å². The number of carbonyl (C=O) groups excluding carboxylic acids is 1. The maximum absolute atomic E-state index is 13.1. The van der Waals surface area contributed by atoms with Crippen LogP contribution in [0.25, 0.3) is 5.65 Å². The Labute approximate surface area is 158 Å². The highest BCUT2D eigenvalue weighted by molar-refractivity contribution is 5.96. The number of hydrogen-bond acceptors (Lipinski definition) is 6. The van der Waals surface area contributed by atoms with Gasteiger partial charge in [-0.05, 0) is 12.1 Å². The summed E-state index contributed by atoms with van der Waals surface area (Å²) in [5.74, 6) is -1.24. The molecule has 1 aliphatic rings. The molecule has 1 aliphatic carbocycles. The molecule has 2 aromatic heterocycles. The van der Waals surface area contributed by atoms with Gasteiger partial charge in [0, 0.05) is 19.5 Å². The summed E-state index contributed by atoms with van der Waals surface area (Å²) < 4.78 is 14.4. The lowest BCUT2D eigenvalue weighted by atomic mass is 10.2. The van der Waals surface area contributed by atoms with E-state index >= 15 is 0 Å². The van der Waals surface area contributed by atoms with E-state index < -0.39 is 24.1 Å². The highest BCUT2D eigenvalue weighted by atomic mass is 19.1. The molecule has 0 radical (unpaired) electrons. The lowest BCUT2D eigenvalue weighted by Gasteiger charge is -2.12. The Kier molecular flexibility index (Phi) is 4.30. The van der Waals surface area contributed by atoms with Crippen LogP contribution in [0.5, 0.6) is 0 Å². The van der Waals surface area contributed by atoms with Crippen molar-refractivity contribution in [2.24, 2.45) is 0 Å². The lowest BCUT2D eigenvalue weighted by molar-refractivity contribution is 0.0697. The molecule has 0 spiro atoms. The fraction of sp³-hybridized carbons (Fsp3) is 0.222. The average Bonchev–Trinajstić information content (AvgIpc) is 3.19. The number of anilines is 3. The molecule has 3 aromatic rings. The Morgan fingerprint density at radius 1 is 1.29 bits per heavy atom. The van der Waals surface area contributed by atoms with Gasteiger partial charge in [-0.2, -0.15) is 0 Å². The molecule has 0 bridgehead atoms. The number of imidazole rings is 1. The van der Waals surface area contributed by atoms with Gasteiger partial charge in [-0.1, -0.05) is 12.1 Å². The van der Waals surface area contributed by atoms with Gasteiger partial charge in [0.05, 0.1) is 29.2 Å². The van der Waals surface area contributed by atoms with Gasteiger partial charge in [0.25, 0.3) is 5.91 Å². The molecule has 0 unspecified atom stereocenters. The van der Waals surface area contributed by atoms with Crippen molar-refractivity contribution in [2.75, 3.05) is 17.7 Å². The summed E-state index contributed by atoms with van der Waals surface area (Å²) in [5, 5.41) is 22.2. The fourth-order valence-electron chi connectivity index (χ4n) is 2.84. The molecule has 1 amide bonds. The standard InChI is InChI=1S/C18H17FN6O3/c1-20-13-7-15(22-11-5-3-2-4-9(11)18(27)28)24-25-14(8-21-16(13)25)17(26)23-12-6-10(12)19/h2-5,7-8,10,12,20H,6H2,1H3,(H,22,24)(H,23,26)(H,27,28)/t10-,12+/m0/s1. The van der Waals surface area contributed by atoms with Crippen LogP contribution in [-0.4, -0.2) is 50.8 Å². The summed E-state index contributed by atoms with van der Waals surface area (Å²) in [4.78, 5) is 28.1. The van der Waals surface area contributed by atoms with Crippen LogP contribution in [-0.2, 0) is 0 Å². The summed E-state index contributed by atoms with van der Waals surface area (Å²) in [5.41, 5.74) is 1.59. The van der Waals surface area contributed by atoms with E-state index in [0.717, 1.165) is 0 Å². The van der Waals surface area contributed by atoms with Crippen LogP contribution in [0.1, 0.15) is 27.3 Å². The number of rotatable bonds is 6. The van der Waals surface area contributed by atoms with Crippen LogP contribution >= 0.6 is 0 Å². The summed E-state index contributed by atoms with van der Waals surface area (Å²) >= 11 is 0. The van der Waals surface area contributed by atoms with Crippen LogP contribution in [0.4, 0.5) is 21.6 Å². The van der Waals surface area contributed by atoms with Gasteiger partial charge in [0.15, 0.2) is 17.2 Å². The van der Waals surface area contributed by atoms with E-state index in [9.17, 15) is 19.1 Å². The van der Waals surface area contributed by atoms with Crippen molar-refractivity contribution < 1.29 is 19.1 Å². The second-order valence-electron chi connectivity index (χ2n) is 6.38. The number of carboxylic acids is 1. The lowest BCUT2D eigenvalue weighted by Crippen LogP contribution is -2.28. The molecule has 0 aliphatic heterocycles. The van der Waals surface area contributed by atoms with E-state index in [1.807, 2.05) is 0 Å². The Morgan fingerprint density at radius 3 is 2.71 bits per heavy atom. The summed E-state index contributed by atoms with van der Waals surface area (Å²) in [6, 6.07) is 7.59. The average molecular weight is 384 g/mol. The van der Waals surface area contributed by atoms with Gasteiger partial charge in [0.2, 0.25) is 0 Å².